The zero-order valence-corrected chi connectivity index (χ0v) is 25.3. The van der Waals surface area contributed by atoms with Gasteiger partial charge in [-0.15, -0.1) is 0 Å². The number of aromatic nitrogens is 3. The largest absolute Gasteiger partial charge is 1.00 e. The molecular formula is C29H32N3NaO6. The molecule has 4 aromatic rings. The quantitative estimate of drug-likeness (QED) is 0.295. The van der Waals surface area contributed by atoms with Crippen molar-refractivity contribution in [2.45, 2.75) is 59.8 Å². The number of benzene rings is 2. The summed E-state index contributed by atoms with van der Waals surface area (Å²) in [5.41, 5.74) is 5.51. The van der Waals surface area contributed by atoms with Gasteiger partial charge in [-0.2, -0.15) is 0 Å². The zero-order valence-electron chi connectivity index (χ0n) is 23.3. The Balaban J connectivity index is 0.00000420. The van der Waals surface area contributed by atoms with Gasteiger partial charge in [0.15, 0.2) is 5.69 Å². The van der Waals surface area contributed by atoms with E-state index in [1.807, 2.05) is 56.3 Å². The van der Waals surface area contributed by atoms with Gasteiger partial charge >= 0.3 is 35.3 Å². The van der Waals surface area contributed by atoms with Crippen molar-refractivity contribution in [3.63, 3.8) is 0 Å². The van der Waals surface area contributed by atoms with Gasteiger partial charge in [-0.3, -0.25) is 9.53 Å². The van der Waals surface area contributed by atoms with Crippen LogP contribution in [0.15, 0.2) is 62.6 Å². The van der Waals surface area contributed by atoms with E-state index in [-0.39, 0.29) is 36.1 Å². The van der Waals surface area contributed by atoms with Crippen LogP contribution in [0.1, 0.15) is 48.2 Å². The molecule has 9 nitrogen and oxygen atoms in total. The molecule has 4 rings (SSSR count). The monoisotopic (exact) mass is 541 g/mol. The van der Waals surface area contributed by atoms with Crippen LogP contribution in [-0.4, -0.2) is 27.0 Å². The van der Waals surface area contributed by atoms with Crippen molar-refractivity contribution in [3.8, 4) is 22.8 Å². The molecule has 39 heavy (non-hydrogen) atoms. The predicted molar refractivity (Wildman–Crippen MR) is 143 cm³/mol. The molecular weight excluding hydrogens is 509 g/mol. The summed E-state index contributed by atoms with van der Waals surface area (Å²) in [6.07, 6.45) is 0.516. The maximum atomic E-state index is 11.6. The molecule has 0 fully saturated rings. The van der Waals surface area contributed by atoms with E-state index in [0.717, 1.165) is 43.8 Å². The Morgan fingerprint density at radius 3 is 2.38 bits per heavy atom. The molecule has 2 aromatic carbocycles. The number of aryl methyl sites for hydroxylation is 2. The van der Waals surface area contributed by atoms with Gasteiger partial charge in [0.05, 0.1) is 12.2 Å². The van der Waals surface area contributed by atoms with Crippen LogP contribution in [0, 0.1) is 20.8 Å². The molecule has 2 aromatic heterocycles. The van der Waals surface area contributed by atoms with Crippen molar-refractivity contribution < 1.29 is 48.7 Å². The average Bonchev–Trinajstić information content (AvgIpc) is 3.15. The molecule has 0 amide bonds. The van der Waals surface area contributed by atoms with Gasteiger partial charge in [-0.1, -0.05) is 30.3 Å². The van der Waals surface area contributed by atoms with Crippen molar-refractivity contribution in [1.82, 2.24) is 14.7 Å². The second-order valence-corrected chi connectivity index (χ2v) is 9.96. The van der Waals surface area contributed by atoms with E-state index >= 15 is 0 Å². The smallest absolute Gasteiger partial charge is 0.489 e. The summed E-state index contributed by atoms with van der Waals surface area (Å²) < 4.78 is 17.5. The van der Waals surface area contributed by atoms with Gasteiger partial charge in [-0.25, -0.2) is 9.78 Å². The summed E-state index contributed by atoms with van der Waals surface area (Å²) in [5.74, 6) is 0.324. The van der Waals surface area contributed by atoms with E-state index in [9.17, 15) is 14.7 Å². The molecule has 200 valence electrons. The molecule has 0 aliphatic heterocycles. The Morgan fingerprint density at radius 2 is 1.77 bits per heavy atom. The number of hydrogen-bond acceptors (Lipinski definition) is 7. The van der Waals surface area contributed by atoms with Gasteiger partial charge in [-0.05, 0) is 74.6 Å². The molecule has 0 saturated heterocycles. The standard InChI is InChI=1S/C29H33N3O6.Na/c1-18-15-25(36-14-13-29(4,5)35)30-20(3)26(18)24-8-6-7-22(19(24)2)17-37-23-11-9-21(10-12-23)16-32-27(33)31-28(34)38-32;/h6-12,15,35H,13-14,16-17H2,1-5H3,(H,31,33,34);/q;+1/p-1. The van der Waals surface area contributed by atoms with Gasteiger partial charge in [0.25, 0.3) is 0 Å². The first-order valence-corrected chi connectivity index (χ1v) is 12.4. The van der Waals surface area contributed by atoms with Crippen LogP contribution in [0.5, 0.6) is 11.6 Å². The topological polar surface area (TPSA) is 118 Å². The summed E-state index contributed by atoms with van der Waals surface area (Å²) in [4.78, 5) is 30.5. The van der Waals surface area contributed by atoms with Crippen LogP contribution < -0.4 is 55.5 Å². The third-order valence-electron chi connectivity index (χ3n) is 6.29. The van der Waals surface area contributed by atoms with E-state index in [4.69, 9.17) is 14.0 Å². The fraction of sp³-hybridized carbons (Fsp3) is 0.345. The van der Waals surface area contributed by atoms with E-state index in [2.05, 4.69) is 23.0 Å². The first-order chi connectivity index (χ1) is 18.0. The SMILES string of the molecule is Cc1cc(OCCC(C)(C)O)nc(C)c1-c1cccc(COc2ccc(Cn3oc(=O)[n-]c3=O)cc2)c1C.[Na+]. The van der Waals surface area contributed by atoms with Crippen LogP contribution in [0.4, 0.5) is 0 Å². The molecule has 0 aliphatic rings. The Kier molecular flexibility index (Phi) is 10.0. The maximum absolute atomic E-state index is 11.6. The molecule has 0 radical (unpaired) electrons. The van der Waals surface area contributed by atoms with Crippen LogP contribution in [0.2, 0.25) is 0 Å². The van der Waals surface area contributed by atoms with Crippen LogP contribution >= 0.6 is 0 Å². The van der Waals surface area contributed by atoms with E-state index < -0.39 is 17.0 Å². The molecule has 0 spiro atoms. The Morgan fingerprint density at radius 1 is 1.05 bits per heavy atom. The van der Waals surface area contributed by atoms with Gasteiger partial charge in [0.1, 0.15) is 12.4 Å². The summed E-state index contributed by atoms with van der Waals surface area (Å²) >= 11 is 0. The number of pyridine rings is 1. The molecule has 0 saturated carbocycles. The molecule has 0 bridgehead atoms. The number of nitrogens with zero attached hydrogens (tertiary/aromatic N) is 3. The second-order valence-electron chi connectivity index (χ2n) is 9.96. The first-order valence-electron chi connectivity index (χ1n) is 12.4. The van der Waals surface area contributed by atoms with Crippen molar-refractivity contribution in [2.75, 3.05) is 6.61 Å². The number of ether oxygens (including phenoxy) is 2. The summed E-state index contributed by atoms with van der Waals surface area (Å²) in [6.45, 7) is 10.5. The van der Waals surface area contributed by atoms with Crippen LogP contribution in [0.3, 0.4) is 0 Å². The van der Waals surface area contributed by atoms with E-state index in [1.54, 1.807) is 13.8 Å². The molecule has 10 heteroatoms. The third kappa shape index (κ3) is 7.95. The predicted octanol–water partition coefficient (Wildman–Crippen LogP) is 0.917. The first kappa shape index (κ1) is 30.4. The summed E-state index contributed by atoms with van der Waals surface area (Å²) in [7, 11) is 0. The Labute approximate surface area is 249 Å². The van der Waals surface area contributed by atoms with Gasteiger partial charge in [0.2, 0.25) is 5.88 Å². The van der Waals surface area contributed by atoms with Crippen molar-refractivity contribution in [3.05, 3.63) is 97.5 Å². The van der Waals surface area contributed by atoms with E-state index in [1.165, 1.54) is 0 Å². The number of hydrogen-bond donors (Lipinski definition) is 1. The number of rotatable bonds is 10. The normalized spacial score (nSPS) is 11.2. The van der Waals surface area contributed by atoms with Crippen LogP contribution in [0.25, 0.3) is 11.1 Å². The van der Waals surface area contributed by atoms with E-state index in [0.29, 0.717) is 31.3 Å². The Hall–Kier alpha value is -3.11. The Bertz CT molecular complexity index is 1510. The third-order valence-corrected chi connectivity index (χ3v) is 6.29. The molecule has 1 N–H and O–H groups in total. The van der Waals surface area contributed by atoms with Crippen LogP contribution in [-0.2, 0) is 13.2 Å². The maximum Gasteiger partial charge on any atom is 1.00 e. The van der Waals surface area contributed by atoms with Crippen molar-refractivity contribution in [1.29, 1.82) is 0 Å². The minimum Gasteiger partial charge on any atom is -0.489 e. The molecule has 0 aliphatic carbocycles. The van der Waals surface area contributed by atoms with Gasteiger partial charge in [0, 0.05) is 30.3 Å². The fourth-order valence-electron chi connectivity index (χ4n) is 4.20. The number of aliphatic hydroxyl groups is 1. The summed E-state index contributed by atoms with van der Waals surface area (Å²) in [5, 5.41) is 9.91. The fourth-order valence-corrected chi connectivity index (χ4v) is 4.20. The second kappa shape index (κ2) is 12.8. The minimum absolute atomic E-state index is 0. The average molecular weight is 542 g/mol. The summed E-state index contributed by atoms with van der Waals surface area (Å²) in [6, 6.07) is 15.3. The molecule has 0 atom stereocenters. The molecule has 2 heterocycles. The minimum atomic E-state index is -0.903. The van der Waals surface area contributed by atoms with Gasteiger partial charge < -0.3 is 24.1 Å². The molecule has 0 unspecified atom stereocenters. The van der Waals surface area contributed by atoms with Crippen molar-refractivity contribution >= 4 is 0 Å². The zero-order chi connectivity index (χ0) is 27.4. The van der Waals surface area contributed by atoms with Crippen molar-refractivity contribution in [2.24, 2.45) is 0 Å².